The van der Waals surface area contributed by atoms with Gasteiger partial charge >= 0.3 is 6.03 Å². The van der Waals surface area contributed by atoms with Gasteiger partial charge in [0, 0.05) is 12.1 Å². The number of aliphatic hydroxyl groups is 1. The Labute approximate surface area is 144 Å². The summed E-state index contributed by atoms with van der Waals surface area (Å²) in [6.45, 7) is 4.60. The Morgan fingerprint density at radius 2 is 2.25 bits per heavy atom. The van der Waals surface area contributed by atoms with Gasteiger partial charge in [0.2, 0.25) is 0 Å². The van der Waals surface area contributed by atoms with E-state index in [9.17, 15) is 9.90 Å². The number of carbonyl (C=O) groups excluding carboxylic acids is 1. The van der Waals surface area contributed by atoms with E-state index in [0.717, 1.165) is 12.8 Å². The molecule has 1 saturated carbocycles. The van der Waals surface area contributed by atoms with Crippen LogP contribution in [0.2, 0.25) is 0 Å². The maximum Gasteiger partial charge on any atom is 0.314 e. The average molecular weight is 337 g/mol. The summed E-state index contributed by atoms with van der Waals surface area (Å²) in [6.07, 6.45) is 6.14. The number of rotatable bonds is 6. The van der Waals surface area contributed by atoms with Gasteiger partial charge in [0.1, 0.15) is 11.4 Å². The quantitative estimate of drug-likeness (QED) is 0.744. The first-order valence-corrected chi connectivity index (χ1v) is 8.71. The summed E-state index contributed by atoms with van der Waals surface area (Å²) in [5.74, 6) is 1.11. The van der Waals surface area contributed by atoms with Gasteiger partial charge in [-0.2, -0.15) is 0 Å². The van der Waals surface area contributed by atoms with Gasteiger partial charge in [0.25, 0.3) is 0 Å². The molecule has 0 spiro atoms. The highest BCUT2D eigenvalue weighted by Gasteiger charge is 2.37. The van der Waals surface area contributed by atoms with Gasteiger partial charge in [-0.25, -0.2) is 4.79 Å². The topological polar surface area (TPSA) is 77.7 Å². The SMILES string of the molecule is CC1CCCC(CNC(=O)NCC(C)(O)c2ccco2)(N(C)C)C1. The van der Waals surface area contributed by atoms with Crippen LogP contribution in [-0.2, 0) is 5.60 Å². The van der Waals surface area contributed by atoms with Gasteiger partial charge in [-0.15, -0.1) is 0 Å². The van der Waals surface area contributed by atoms with Crippen molar-refractivity contribution in [3.8, 4) is 0 Å². The summed E-state index contributed by atoms with van der Waals surface area (Å²) in [5, 5.41) is 16.1. The number of amides is 2. The molecule has 1 aromatic heterocycles. The minimum absolute atomic E-state index is 0.0124. The van der Waals surface area contributed by atoms with E-state index in [4.69, 9.17) is 4.42 Å². The van der Waals surface area contributed by atoms with Gasteiger partial charge in [-0.1, -0.05) is 19.8 Å². The van der Waals surface area contributed by atoms with Crippen LogP contribution in [0.5, 0.6) is 0 Å². The first-order chi connectivity index (χ1) is 11.3. The Hall–Kier alpha value is -1.53. The van der Waals surface area contributed by atoms with Crippen molar-refractivity contribution >= 4 is 6.03 Å². The van der Waals surface area contributed by atoms with Crippen LogP contribution in [0, 0.1) is 5.92 Å². The van der Waals surface area contributed by atoms with Crippen LogP contribution < -0.4 is 10.6 Å². The summed E-state index contributed by atoms with van der Waals surface area (Å²) < 4.78 is 5.22. The van der Waals surface area contributed by atoms with Crippen LogP contribution >= 0.6 is 0 Å². The molecule has 2 rings (SSSR count). The largest absolute Gasteiger partial charge is 0.466 e. The van der Waals surface area contributed by atoms with Gasteiger partial charge < -0.3 is 25.1 Å². The molecule has 6 nitrogen and oxygen atoms in total. The molecule has 0 radical (unpaired) electrons. The Morgan fingerprint density at radius 1 is 1.50 bits per heavy atom. The first kappa shape index (κ1) is 18.8. The molecule has 136 valence electrons. The van der Waals surface area contributed by atoms with E-state index < -0.39 is 5.60 Å². The zero-order valence-electron chi connectivity index (χ0n) is 15.3. The molecular formula is C18H31N3O3. The van der Waals surface area contributed by atoms with Crippen LogP contribution in [0.1, 0.15) is 45.3 Å². The van der Waals surface area contributed by atoms with Crippen LogP contribution in [0.15, 0.2) is 22.8 Å². The highest BCUT2D eigenvalue weighted by atomic mass is 16.4. The number of likely N-dealkylation sites (N-methyl/N-ethyl adjacent to an activating group) is 1. The highest BCUT2D eigenvalue weighted by molar-refractivity contribution is 5.74. The van der Waals surface area contributed by atoms with Crippen molar-refractivity contribution in [1.82, 2.24) is 15.5 Å². The number of furan rings is 1. The summed E-state index contributed by atoms with van der Waals surface area (Å²) in [6, 6.07) is 3.15. The van der Waals surface area contributed by atoms with Crippen molar-refractivity contribution in [2.24, 2.45) is 5.92 Å². The minimum Gasteiger partial charge on any atom is -0.466 e. The molecule has 1 heterocycles. The molecule has 2 amide bonds. The molecule has 1 aliphatic rings. The Morgan fingerprint density at radius 3 is 2.83 bits per heavy atom. The van der Waals surface area contributed by atoms with E-state index in [-0.39, 0.29) is 18.1 Å². The molecule has 0 aromatic carbocycles. The zero-order valence-corrected chi connectivity index (χ0v) is 15.3. The van der Waals surface area contributed by atoms with Crippen molar-refractivity contribution in [1.29, 1.82) is 0 Å². The molecule has 3 atom stereocenters. The Kier molecular flexibility index (Phi) is 5.93. The maximum atomic E-state index is 12.2. The zero-order chi connectivity index (χ0) is 17.8. The second-order valence-electron chi connectivity index (χ2n) is 7.61. The standard InChI is InChI=1S/C18H31N3O3/c1-14-7-5-9-18(11-14,21(3)4)13-20-16(22)19-12-17(2,23)15-8-6-10-24-15/h6,8,10,14,23H,5,7,9,11-13H2,1-4H3,(H2,19,20,22). The normalized spacial score (nSPS) is 26.8. The van der Waals surface area contributed by atoms with E-state index in [1.165, 1.54) is 19.1 Å². The summed E-state index contributed by atoms with van der Waals surface area (Å²) in [5.41, 5.74) is -1.21. The lowest BCUT2D eigenvalue weighted by Crippen LogP contribution is -2.56. The molecule has 0 aliphatic heterocycles. The van der Waals surface area contributed by atoms with E-state index in [0.29, 0.717) is 18.2 Å². The van der Waals surface area contributed by atoms with Gasteiger partial charge in [-0.05, 0) is 51.9 Å². The van der Waals surface area contributed by atoms with E-state index in [1.807, 2.05) is 0 Å². The van der Waals surface area contributed by atoms with E-state index >= 15 is 0 Å². The fourth-order valence-electron chi connectivity index (χ4n) is 3.59. The van der Waals surface area contributed by atoms with Crippen LogP contribution in [0.3, 0.4) is 0 Å². The summed E-state index contributed by atoms with van der Waals surface area (Å²) in [7, 11) is 4.17. The molecule has 1 aliphatic carbocycles. The lowest BCUT2D eigenvalue weighted by molar-refractivity contribution is 0.0362. The third kappa shape index (κ3) is 4.51. The van der Waals surface area contributed by atoms with Crippen LogP contribution in [-0.4, -0.2) is 48.8 Å². The average Bonchev–Trinajstić information content (AvgIpc) is 3.06. The maximum absolute atomic E-state index is 12.2. The van der Waals surface area contributed by atoms with Gasteiger partial charge in [-0.3, -0.25) is 0 Å². The Balaban J connectivity index is 1.85. The van der Waals surface area contributed by atoms with Crippen LogP contribution in [0.4, 0.5) is 4.79 Å². The lowest BCUT2D eigenvalue weighted by Gasteiger charge is -2.45. The molecule has 3 N–H and O–H groups in total. The monoisotopic (exact) mass is 337 g/mol. The second kappa shape index (κ2) is 7.57. The van der Waals surface area contributed by atoms with Crippen molar-refractivity contribution < 1.29 is 14.3 Å². The fraction of sp³-hybridized carbons (Fsp3) is 0.722. The second-order valence-corrected chi connectivity index (χ2v) is 7.61. The number of nitrogens with zero attached hydrogens (tertiary/aromatic N) is 1. The smallest absolute Gasteiger partial charge is 0.314 e. The van der Waals surface area contributed by atoms with Crippen molar-refractivity contribution in [2.45, 2.75) is 50.7 Å². The third-order valence-electron chi connectivity index (χ3n) is 5.24. The number of urea groups is 1. The molecule has 6 heteroatoms. The number of hydrogen-bond acceptors (Lipinski definition) is 4. The van der Waals surface area contributed by atoms with Gasteiger partial charge in [0.05, 0.1) is 12.8 Å². The third-order valence-corrected chi connectivity index (χ3v) is 5.24. The van der Waals surface area contributed by atoms with Crippen LogP contribution in [0.25, 0.3) is 0 Å². The summed E-state index contributed by atoms with van der Waals surface area (Å²) >= 11 is 0. The highest BCUT2D eigenvalue weighted by Crippen LogP contribution is 2.35. The lowest BCUT2D eigenvalue weighted by atomic mass is 9.75. The Bertz CT molecular complexity index is 528. The van der Waals surface area contributed by atoms with Gasteiger partial charge in [0.15, 0.2) is 0 Å². The fourth-order valence-corrected chi connectivity index (χ4v) is 3.59. The summed E-state index contributed by atoms with van der Waals surface area (Å²) in [4.78, 5) is 14.4. The molecule has 0 saturated heterocycles. The molecule has 1 aromatic rings. The first-order valence-electron chi connectivity index (χ1n) is 8.71. The number of nitrogens with one attached hydrogen (secondary N) is 2. The number of hydrogen-bond donors (Lipinski definition) is 3. The van der Waals surface area contributed by atoms with E-state index in [2.05, 4.69) is 36.6 Å². The molecule has 1 fully saturated rings. The molecule has 3 unspecified atom stereocenters. The molecule has 0 bridgehead atoms. The predicted octanol–water partition coefficient (Wildman–Crippen LogP) is 2.30. The predicted molar refractivity (Wildman–Crippen MR) is 93.7 cm³/mol. The van der Waals surface area contributed by atoms with Crippen molar-refractivity contribution in [3.63, 3.8) is 0 Å². The van der Waals surface area contributed by atoms with Crippen molar-refractivity contribution in [2.75, 3.05) is 27.2 Å². The van der Waals surface area contributed by atoms with E-state index in [1.54, 1.807) is 19.1 Å². The number of carbonyl (C=O) groups is 1. The molecule has 24 heavy (non-hydrogen) atoms. The minimum atomic E-state index is -1.22. The van der Waals surface area contributed by atoms with Crippen molar-refractivity contribution in [3.05, 3.63) is 24.2 Å². The molecular weight excluding hydrogens is 306 g/mol.